The Morgan fingerprint density at radius 2 is 1.84 bits per heavy atom. The van der Waals surface area contributed by atoms with Gasteiger partial charge in [-0.15, -0.1) is 11.3 Å². The van der Waals surface area contributed by atoms with E-state index in [4.69, 9.17) is 0 Å². The van der Waals surface area contributed by atoms with E-state index in [1.165, 1.54) is 0 Å². The predicted molar refractivity (Wildman–Crippen MR) is 127 cm³/mol. The van der Waals surface area contributed by atoms with Crippen LogP contribution in [-0.4, -0.2) is 24.8 Å². The van der Waals surface area contributed by atoms with Crippen molar-refractivity contribution in [3.05, 3.63) is 82.0 Å². The van der Waals surface area contributed by atoms with E-state index in [1.54, 1.807) is 47.5 Å². The van der Waals surface area contributed by atoms with Gasteiger partial charge in [-0.25, -0.2) is 0 Å². The number of carbonyl (C=O) groups excluding carboxylic acids is 3. The lowest BCUT2D eigenvalue weighted by atomic mass is 9.86. The fourth-order valence-corrected chi connectivity index (χ4v) is 4.96. The summed E-state index contributed by atoms with van der Waals surface area (Å²) in [6, 6.07) is 18.2. The van der Waals surface area contributed by atoms with E-state index < -0.39 is 5.92 Å². The molecule has 2 heterocycles. The fourth-order valence-electron chi connectivity index (χ4n) is 4.08. The maximum atomic E-state index is 13.4. The minimum atomic E-state index is -0.420. The van der Waals surface area contributed by atoms with Crippen molar-refractivity contribution in [2.75, 3.05) is 17.3 Å². The first-order valence-electron chi connectivity index (χ1n) is 10.5. The average molecular weight is 448 g/mol. The van der Waals surface area contributed by atoms with Gasteiger partial charge in [0.2, 0.25) is 11.8 Å². The second-order valence-corrected chi connectivity index (χ2v) is 8.83. The topological polar surface area (TPSA) is 78.5 Å². The molecule has 1 aliphatic heterocycles. The van der Waals surface area contributed by atoms with E-state index in [1.807, 2.05) is 48.7 Å². The molecular formula is C25H25N3O3S. The number of piperidine rings is 1. The van der Waals surface area contributed by atoms with Crippen LogP contribution in [0.1, 0.15) is 39.7 Å². The quantitative estimate of drug-likeness (QED) is 0.603. The van der Waals surface area contributed by atoms with Gasteiger partial charge in [0.05, 0.1) is 12.0 Å². The fraction of sp³-hybridized carbons (Fsp3) is 0.240. The van der Waals surface area contributed by atoms with Gasteiger partial charge in [0.15, 0.2) is 0 Å². The smallest absolute Gasteiger partial charge is 0.251 e. The second kappa shape index (κ2) is 9.36. The Morgan fingerprint density at radius 3 is 2.53 bits per heavy atom. The van der Waals surface area contributed by atoms with Crippen LogP contribution < -0.4 is 15.5 Å². The summed E-state index contributed by atoms with van der Waals surface area (Å²) in [6.07, 6.45) is 0.761. The Labute approximate surface area is 191 Å². The lowest BCUT2D eigenvalue weighted by molar-refractivity contribution is -0.125. The number of benzene rings is 2. The van der Waals surface area contributed by atoms with Crippen molar-refractivity contribution in [3.8, 4) is 0 Å². The summed E-state index contributed by atoms with van der Waals surface area (Å²) >= 11 is 1.54. The third kappa shape index (κ3) is 4.43. The summed E-state index contributed by atoms with van der Waals surface area (Å²) in [6.45, 7) is 2.00. The number of rotatable bonds is 5. The Balaban J connectivity index is 1.66. The molecule has 1 aromatic heterocycles. The average Bonchev–Trinajstić information content (AvgIpc) is 3.34. The predicted octanol–water partition coefficient (Wildman–Crippen LogP) is 4.54. The van der Waals surface area contributed by atoms with E-state index in [2.05, 4.69) is 10.6 Å². The Hall–Kier alpha value is -3.45. The molecule has 0 bridgehead atoms. The van der Waals surface area contributed by atoms with Crippen molar-refractivity contribution < 1.29 is 14.4 Å². The van der Waals surface area contributed by atoms with Crippen molar-refractivity contribution in [2.45, 2.75) is 25.8 Å². The number of anilines is 2. The number of carbonyl (C=O) groups is 3. The van der Waals surface area contributed by atoms with Crippen LogP contribution in [0.5, 0.6) is 0 Å². The molecule has 2 aromatic carbocycles. The minimum Gasteiger partial charge on any atom is -0.355 e. The second-order valence-electron chi connectivity index (χ2n) is 7.85. The molecule has 3 aromatic rings. The number of hydrogen-bond donors (Lipinski definition) is 2. The molecule has 4 rings (SSSR count). The molecule has 7 heteroatoms. The minimum absolute atomic E-state index is 0.0120. The standard InChI is InChI=1S/C25H25N3O3S/c1-16-8-10-19(11-9-16)28-22(29)13-12-20(23(28)21-7-4-14-32-21)25(31)27-18-6-3-5-17(15-18)24(30)26-2/h3-11,14-15,20,23H,12-13H2,1-2H3,(H,26,30)(H,27,31). The van der Waals surface area contributed by atoms with E-state index in [9.17, 15) is 14.4 Å². The molecule has 0 saturated carbocycles. The maximum absolute atomic E-state index is 13.4. The first-order valence-corrected chi connectivity index (χ1v) is 11.4. The molecule has 3 amide bonds. The van der Waals surface area contributed by atoms with Crippen molar-refractivity contribution >= 4 is 40.4 Å². The van der Waals surface area contributed by atoms with Crippen LogP contribution in [0.2, 0.25) is 0 Å². The van der Waals surface area contributed by atoms with Crippen LogP contribution in [-0.2, 0) is 9.59 Å². The van der Waals surface area contributed by atoms with Crippen LogP contribution >= 0.6 is 11.3 Å². The highest BCUT2D eigenvalue weighted by Gasteiger charge is 2.42. The molecule has 2 N–H and O–H groups in total. The van der Waals surface area contributed by atoms with Crippen molar-refractivity contribution in [2.24, 2.45) is 5.92 Å². The van der Waals surface area contributed by atoms with Crippen LogP contribution in [0.25, 0.3) is 0 Å². The van der Waals surface area contributed by atoms with Crippen LogP contribution in [0.4, 0.5) is 11.4 Å². The molecule has 6 nitrogen and oxygen atoms in total. The first kappa shape index (κ1) is 21.8. The zero-order valence-electron chi connectivity index (χ0n) is 18.0. The van der Waals surface area contributed by atoms with Gasteiger partial charge in [-0.05, 0) is 55.1 Å². The van der Waals surface area contributed by atoms with Gasteiger partial charge < -0.3 is 15.5 Å². The highest BCUT2D eigenvalue weighted by atomic mass is 32.1. The highest BCUT2D eigenvalue weighted by Crippen LogP contribution is 2.42. The zero-order valence-corrected chi connectivity index (χ0v) is 18.8. The molecule has 0 aliphatic carbocycles. The summed E-state index contributed by atoms with van der Waals surface area (Å²) in [5, 5.41) is 7.52. The Morgan fingerprint density at radius 1 is 1.06 bits per heavy atom. The van der Waals surface area contributed by atoms with Gasteiger partial charge in [0, 0.05) is 35.3 Å². The first-order chi connectivity index (χ1) is 15.5. The third-order valence-electron chi connectivity index (χ3n) is 5.70. The SMILES string of the molecule is CNC(=O)c1cccc(NC(=O)C2CCC(=O)N(c3ccc(C)cc3)C2c2cccs2)c1. The van der Waals surface area contributed by atoms with Crippen LogP contribution in [0.3, 0.4) is 0 Å². The van der Waals surface area contributed by atoms with E-state index in [-0.39, 0.29) is 23.8 Å². The van der Waals surface area contributed by atoms with Crippen molar-refractivity contribution in [1.82, 2.24) is 5.32 Å². The number of amides is 3. The Bertz CT molecular complexity index is 1130. The van der Waals surface area contributed by atoms with Gasteiger partial charge in [0.25, 0.3) is 5.91 Å². The molecule has 1 aliphatic rings. The Kier molecular flexibility index (Phi) is 6.37. The third-order valence-corrected chi connectivity index (χ3v) is 6.64. The van der Waals surface area contributed by atoms with Gasteiger partial charge >= 0.3 is 0 Å². The summed E-state index contributed by atoms with van der Waals surface area (Å²) in [5.41, 5.74) is 2.93. The number of thiophene rings is 1. The summed E-state index contributed by atoms with van der Waals surface area (Å²) in [4.78, 5) is 41.1. The van der Waals surface area contributed by atoms with Gasteiger partial charge in [-0.2, -0.15) is 0 Å². The lowest BCUT2D eigenvalue weighted by Gasteiger charge is -2.40. The maximum Gasteiger partial charge on any atom is 0.251 e. The summed E-state index contributed by atoms with van der Waals surface area (Å²) in [7, 11) is 1.57. The normalized spacial score (nSPS) is 18.3. The van der Waals surface area contributed by atoms with Gasteiger partial charge in [-0.1, -0.05) is 29.8 Å². The highest BCUT2D eigenvalue weighted by molar-refractivity contribution is 7.10. The van der Waals surface area contributed by atoms with Crippen LogP contribution in [0.15, 0.2) is 66.0 Å². The number of aryl methyl sites for hydroxylation is 1. The zero-order chi connectivity index (χ0) is 22.7. The largest absolute Gasteiger partial charge is 0.355 e. The molecule has 0 radical (unpaired) electrons. The summed E-state index contributed by atoms with van der Waals surface area (Å²) in [5.74, 6) is -0.789. The molecule has 0 spiro atoms. The van der Waals surface area contributed by atoms with E-state index in [0.29, 0.717) is 24.1 Å². The molecule has 2 unspecified atom stereocenters. The molecular weight excluding hydrogens is 422 g/mol. The number of nitrogens with one attached hydrogen (secondary N) is 2. The van der Waals surface area contributed by atoms with E-state index >= 15 is 0 Å². The molecule has 164 valence electrons. The number of nitrogens with zero attached hydrogens (tertiary/aromatic N) is 1. The summed E-state index contributed by atoms with van der Waals surface area (Å²) < 4.78 is 0. The van der Waals surface area contributed by atoms with Crippen molar-refractivity contribution in [1.29, 1.82) is 0 Å². The van der Waals surface area contributed by atoms with Crippen molar-refractivity contribution in [3.63, 3.8) is 0 Å². The monoisotopic (exact) mass is 447 g/mol. The molecule has 1 saturated heterocycles. The lowest BCUT2D eigenvalue weighted by Crippen LogP contribution is -2.46. The molecule has 2 atom stereocenters. The molecule has 1 fully saturated rings. The van der Waals surface area contributed by atoms with Gasteiger partial charge in [-0.3, -0.25) is 14.4 Å². The van der Waals surface area contributed by atoms with Crippen LogP contribution in [0, 0.1) is 12.8 Å². The van der Waals surface area contributed by atoms with Gasteiger partial charge in [0.1, 0.15) is 0 Å². The molecule has 32 heavy (non-hydrogen) atoms. The van der Waals surface area contributed by atoms with E-state index in [0.717, 1.165) is 16.1 Å². The number of hydrogen-bond acceptors (Lipinski definition) is 4.